The Morgan fingerprint density at radius 3 is 2.89 bits per heavy atom. The topological polar surface area (TPSA) is 50.3 Å². The van der Waals surface area contributed by atoms with Crippen LogP contribution >= 0.6 is 0 Å². The summed E-state index contributed by atoms with van der Waals surface area (Å²) in [6.45, 7) is 1.95. The van der Waals surface area contributed by atoms with Gasteiger partial charge in [0.1, 0.15) is 11.6 Å². The minimum absolute atomic E-state index is 0.433. The van der Waals surface area contributed by atoms with Crippen LogP contribution in [0.2, 0.25) is 0 Å². The largest absolute Gasteiger partial charge is 0.356 e. The number of carbonyl (C=O) groups is 2. The molecule has 1 aliphatic heterocycles. The zero-order valence-electron chi connectivity index (χ0n) is 10.9. The van der Waals surface area contributed by atoms with Gasteiger partial charge in [0.15, 0.2) is 6.29 Å². The van der Waals surface area contributed by atoms with E-state index < -0.39 is 0 Å². The van der Waals surface area contributed by atoms with E-state index in [1.165, 1.54) is 0 Å². The van der Waals surface area contributed by atoms with E-state index in [0.29, 0.717) is 23.2 Å². The Morgan fingerprint density at radius 2 is 2.16 bits per heavy atom. The number of hydrogen-bond donors (Lipinski definition) is 0. The molecular weight excluding hydrogens is 240 g/mol. The first-order valence-corrected chi connectivity index (χ1v) is 6.94. The number of fused-ring (bicyclic) bond motifs is 1. The maximum Gasteiger partial charge on any atom is 0.151 e. The third kappa shape index (κ3) is 2.53. The van der Waals surface area contributed by atoms with Gasteiger partial charge in [0.2, 0.25) is 0 Å². The summed E-state index contributed by atoms with van der Waals surface area (Å²) in [7, 11) is 0. The van der Waals surface area contributed by atoms with Crippen molar-refractivity contribution < 1.29 is 9.59 Å². The smallest absolute Gasteiger partial charge is 0.151 e. The van der Waals surface area contributed by atoms with E-state index in [2.05, 4.69) is 9.88 Å². The van der Waals surface area contributed by atoms with E-state index in [1.54, 1.807) is 6.20 Å². The van der Waals surface area contributed by atoms with Gasteiger partial charge in [-0.3, -0.25) is 9.59 Å². The number of carbonyl (C=O) groups excluding carboxylic acids is 2. The van der Waals surface area contributed by atoms with Gasteiger partial charge in [-0.25, -0.2) is 4.98 Å². The van der Waals surface area contributed by atoms with E-state index in [4.69, 9.17) is 0 Å². The fourth-order valence-corrected chi connectivity index (χ4v) is 3.28. The van der Waals surface area contributed by atoms with Crippen LogP contribution in [0.3, 0.4) is 0 Å². The first-order chi connectivity index (χ1) is 9.26. The molecule has 0 radical (unpaired) electrons. The molecule has 2 fully saturated rings. The monoisotopic (exact) mass is 258 g/mol. The highest BCUT2D eigenvalue weighted by molar-refractivity contribution is 5.79. The van der Waals surface area contributed by atoms with Crippen LogP contribution in [0.25, 0.3) is 0 Å². The minimum atomic E-state index is 0.433. The molecule has 1 aromatic rings. The predicted molar refractivity (Wildman–Crippen MR) is 72.3 cm³/mol. The standard InChI is InChI=1S/C15H18N2O2/c18-10-11-1-4-15(16-8-11)17-6-5-12-7-14(19)3-2-13(12)9-17/h1,4,8,10,12-13H,2-3,5-7,9H2. The van der Waals surface area contributed by atoms with Crippen molar-refractivity contribution in [3.63, 3.8) is 0 Å². The third-order valence-electron chi connectivity index (χ3n) is 4.41. The number of hydrogen-bond acceptors (Lipinski definition) is 4. The highest BCUT2D eigenvalue weighted by atomic mass is 16.1. The summed E-state index contributed by atoms with van der Waals surface area (Å²) in [6.07, 6.45) is 6.05. The number of rotatable bonds is 2. The summed E-state index contributed by atoms with van der Waals surface area (Å²) in [6, 6.07) is 3.73. The third-order valence-corrected chi connectivity index (χ3v) is 4.41. The normalized spacial score (nSPS) is 26.9. The second-order valence-corrected chi connectivity index (χ2v) is 5.60. The second kappa shape index (κ2) is 5.11. The molecular formula is C15H18N2O2. The molecule has 4 heteroatoms. The number of aldehydes is 1. The molecule has 0 spiro atoms. The molecule has 2 atom stereocenters. The molecule has 3 rings (SSSR count). The molecule has 1 aliphatic carbocycles. The Bertz CT molecular complexity index is 483. The van der Waals surface area contributed by atoms with Crippen LogP contribution in [0.4, 0.5) is 5.82 Å². The van der Waals surface area contributed by atoms with E-state index in [-0.39, 0.29) is 0 Å². The Hall–Kier alpha value is -1.71. The molecule has 100 valence electrons. The van der Waals surface area contributed by atoms with Gasteiger partial charge in [0.05, 0.1) is 0 Å². The number of Topliss-reactive ketones (excluding diaryl/α,β-unsaturated/α-hetero) is 1. The molecule has 2 unspecified atom stereocenters. The SMILES string of the molecule is O=Cc1ccc(N2CCC3CC(=O)CCC3C2)nc1. The molecule has 0 N–H and O–H groups in total. The van der Waals surface area contributed by atoms with Gasteiger partial charge in [-0.05, 0) is 36.8 Å². The van der Waals surface area contributed by atoms with Crippen molar-refractivity contribution in [3.8, 4) is 0 Å². The molecule has 0 aromatic carbocycles. The van der Waals surface area contributed by atoms with Gasteiger partial charge in [0, 0.05) is 37.7 Å². The maximum absolute atomic E-state index is 11.5. The molecule has 2 aliphatic rings. The summed E-state index contributed by atoms with van der Waals surface area (Å²) in [5.74, 6) is 2.58. The average molecular weight is 258 g/mol. The average Bonchev–Trinajstić information content (AvgIpc) is 2.47. The van der Waals surface area contributed by atoms with Gasteiger partial charge in [-0.2, -0.15) is 0 Å². The van der Waals surface area contributed by atoms with Crippen molar-refractivity contribution >= 4 is 17.9 Å². The summed E-state index contributed by atoms with van der Waals surface area (Å²) < 4.78 is 0. The molecule has 0 amide bonds. The van der Waals surface area contributed by atoms with Gasteiger partial charge in [-0.15, -0.1) is 0 Å². The van der Waals surface area contributed by atoms with Gasteiger partial charge < -0.3 is 4.90 Å². The van der Waals surface area contributed by atoms with E-state index in [0.717, 1.165) is 50.9 Å². The van der Waals surface area contributed by atoms with Crippen molar-refractivity contribution in [1.29, 1.82) is 0 Å². The van der Waals surface area contributed by atoms with Crippen molar-refractivity contribution in [2.45, 2.75) is 25.7 Å². The summed E-state index contributed by atoms with van der Waals surface area (Å²) in [5, 5.41) is 0. The lowest BCUT2D eigenvalue weighted by Crippen LogP contribution is -2.43. The van der Waals surface area contributed by atoms with Gasteiger partial charge in [0.25, 0.3) is 0 Å². The minimum Gasteiger partial charge on any atom is -0.356 e. The fraction of sp³-hybridized carbons (Fsp3) is 0.533. The van der Waals surface area contributed by atoms with Crippen molar-refractivity contribution in [2.24, 2.45) is 11.8 Å². The van der Waals surface area contributed by atoms with Crippen LogP contribution in [0.1, 0.15) is 36.0 Å². The van der Waals surface area contributed by atoms with Gasteiger partial charge in [-0.1, -0.05) is 0 Å². The van der Waals surface area contributed by atoms with E-state index >= 15 is 0 Å². The van der Waals surface area contributed by atoms with Crippen LogP contribution < -0.4 is 4.90 Å². The fourth-order valence-electron chi connectivity index (χ4n) is 3.28. The number of aromatic nitrogens is 1. The van der Waals surface area contributed by atoms with Crippen LogP contribution in [0.15, 0.2) is 18.3 Å². The first-order valence-electron chi connectivity index (χ1n) is 6.94. The van der Waals surface area contributed by atoms with Gasteiger partial charge >= 0.3 is 0 Å². The molecule has 19 heavy (non-hydrogen) atoms. The van der Waals surface area contributed by atoms with Crippen LogP contribution in [-0.2, 0) is 4.79 Å². The Kier molecular flexibility index (Phi) is 3.32. The van der Waals surface area contributed by atoms with Crippen molar-refractivity contribution in [1.82, 2.24) is 4.98 Å². The van der Waals surface area contributed by atoms with Crippen LogP contribution in [0, 0.1) is 11.8 Å². The Balaban J connectivity index is 1.70. The molecule has 1 aromatic heterocycles. The van der Waals surface area contributed by atoms with Crippen molar-refractivity contribution in [3.05, 3.63) is 23.9 Å². The van der Waals surface area contributed by atoms with Crippen molar-refractivity contribution in [2.75, 3.05) is 18.0 Å². The lowest BCUT2D eigenvalue weighted by atomic mass is 9.74. The van der Waals surface area contributed by atoms with Crippen LogP contribution in [-0.4, -0.2) is 30.1 Å². The molecule has 1 saturated heterocycles. The zero-order chi connectivity index (χ0) is 13.2. The molecule has 0 bridgehead atoms. The van der Waals surface area contributed by atoms with E-state index in [9.17, 15) is 9.59 Å². The lowest BCUT2D eigenvalue weighted by Gasteiger charge is -2.41. The number of ketones is 1. The number of piperidine rings is 1. The summed E-state index contributed by atoms with van der Waals surface area (Å²) >= 11 is 0. The van der Waals surface area contributed by atoms with E-state index in [1.807, 2.05) is 12.1 Å². The Morgan fingerprint density at radius 1 is 1.26 bits per heavy atom. The molecule has 4 nitrogen and oxygen atoms in total. The maximum atomic E-state index is 11.5. The highest BCUT2D eigenvalue weighted by Gasteiger charge is 2.34. The predicted octanol–water partition coefficient (Wildman–Crippen LogP) is 2.09. The van der Waals surface area contributed by atoms with Crippen LogP contribution in [0.5, 0.6) is 0 Å². The summed E-state index contributed by atoms with van der Waals surface area (Å²) in [5.41, 5.74) is 0.613. The molecule has 2 heterocycles. The number of pyridine rings is 1. The Labute approximate surface area is 112 Å². The zero-order valence-corrected chi connectivity index (χ0v) is 10.9. The summed E-state index contributed by atoms with van der Waals surface area (Å²) in [4.78, 5) is 28.7. The lowest BCUT2D eigenvalue weighted by molar-refractivity contribution is -0.122. The quantitative estimate of drug-likeness (QED) is 0.762. The number of anilines is 1. The second-order valence-electron chi connectivity index (χ2n) is 5.60. The number of nitrogens with zero attached hydrogens (tertiary/aromatic N) is 2. The molecule has 1 saturated carbocycles. The highest BCUT2D eigenvalue weighted by Crippen LogP contribution is 2.35. The first kappa shape index (κ1) is 12.3.